The van der Waals surface area contributed by atoms with Crippen LogP contribution in [0.1, 0.15) is 18.2 Å². The number of methoxy groups -OCH3 is 2. The number of amides is 1. The van der Waals surface area contributed by atoms with Gasteiger partial charge in [-0.25, -0.2) is 0 Å². The molecular weight excluding hydrogens is 514 g/mol. The smallest absolute Gasteiger partial charge is 0.290 e. The summed E-state index contributed by atoms with van der Waals surface area (Å²) in [6.07, 6.45) is -0.0186. The number of benzene rings is 1. The van der Waals surface area contributed by atoms with Crippen LogP contribution >= 0.6 is 0 Å². The van der Waals surface area contributed by atoms with Gasteiger partial charge in [-0.3, -0.25) is 4.79 Å². The maximum atomic E-state index is 13.0. The first-order valence-electron chi connectivity index (χ1n) is 13.0. The number of ether oxygens (including phenoxy) is 3. The Morgan fingerprint density at radius 3 is 2.26 bits per heavy atom. The predicted octanol–water partition coefficient (Wildman–Crippen LogP) is 4.30. The Hall–Kier alpha value is -3.57. The highest BCUT2D eigenvalue weighted by molar-refractivity contribution is 6.88. The monoisotopic (exact) mass is 555 g/mol. The first-order chi connectivity index (χ1) is 18.4. The van der Waals surface area contributed by atoms with Gasteiger partial charge in [0.2, 0.25) is 23.6 Å². The van der Waals surface area contributed by atoms with Crippen molar-refractivity contribution in [3.8, 4) is 23.5 Å². The van der Waals surface area contributed by atoms with Crippen molar-refractivity contribution < 1.29 is 23.4 Å². The lowest BCUT2D eigenvalue weighted by molar-refractivity contribution is -0.115. The molecular formula is C28H41N5O5Si. The van der Waals surface area contributed by atoms with E-state index in [1.54, 1.807) is 12.1 Å². The van der Waals surface area contributed by atoms with Crippen LogP contribution in [0.25, 0.3) is 0 Å². The summed E-state index contributed by atoms with van der Waals surface area (Å²) in [5, 5.41) is 4.12. The highest BCUT2D eigenvalue weighted by Crippen LogP contribution is 2.34. The highest BCUT2D eigenvalue weighted by Gasteiger charge is 2.22. The third-order valence-corrected chi connectivity index (χ3v) is 8.24. The summed E-state index contributed by atoms with van der Waals surface area (Å²) in [4.78, 5) is 26.1. The van der Waals surface area contributed by atoms with E-state index in [0.29, 0.717) is 24.2 Å². The Bertz CT molecular complexity index is 1250. The minimum Gasteiger partial charge on any atom is -0.479 e. The van der Waals surface area contributed by atoms with Crippen molar-refractivity contribution in [1.29, 1.82) is 0 Å². The van der Waals surface area contributed by atoms with Crippen LogP contribution < -0.4 is 29.6 Å². The molecule has 0 atom stereocenters. The fourth-order valence-electron chi connectivity index (χ4n) is 3.81. The largest absolute Gasteiger partial charge is 0.479 e. The van der Waals surface area contributed by atoms with E-state index >= 15 is 0 Å². The molecule has 0 saturated carbocycles. The molecule has 0 bridgehead atoms. The van der Waals surface area contributed by atoms with E-state index in [4.69, 9.17) is 18.6 Å². The number of anilines is 2. The number of carbonyl (C=O) groups excluding carboxylic acids is 1. The molecule has 1 N–H and O–H groups in total. The van der Waals surface area contributed by atoms with Crippen molar-refractivity contribution in [2.45, 2.75) is 39.9 Å². The summed E-state index contributed by atoms with van der Waals surface area (Å²) < 4.78 is 22.8. The molecule has 0 radical (unpaired) electrons. The Morgan fingerprint density at radius 2 is 1.69 bits per heavy atom. The summed E-state index contributed by atoms with van der Waals surface area (Å²) >= 11 is 0. The molecule has 0 spiro atoms. The fraction of sp³-hybridized carbons (Fsp3) is 0.464. The van der Waals surface area contributed by atoms with Gasteiger partial charge >= 0.3 is 0 Å². The number of furan rings is 1. The normalized spacial score (nSPS) is 11.4. The number of likely N-dealkylation sites (N-methyl/N-ethyl adjacent to an activating group) is 2. The molecule has 0 fully saturated rings. The van der Waals surface area contributed by atoms with Gasteiger partial charge in [-0.05, 0) is 45.6 Å². The minimum atomic E-state index is -1.49. The molecule has 2 aromatic heterocycles. The van der Waals surface area contributed by atoms with Crippen LogP contribution in [0.3, 0.4) is 0 Å². The van der Waals surface area contributed by atoms with Crippen LogP contribution in [0.2, 0.25) is 19.6 Å². The van der Waals surface area contributed by atoms with E-state index in [0.717, 1.165) is 24.4 Å². The SMILES string of the molecule is CCN(CCN(C)C)c1nc(OC)c(NC(=O)Cc2ccc(Oc3cc([Si](C)(C)C)ccc3C)o2)c(OC)n1. The van der Waals surface area contributed by atoms with Gasteiger partial charge in [0, 0.05) is 25.7 Å². The zero-order chi connectivity index (χ0) is 28.7. The van der Waals surface area contributed by atoms with Gasteiger partial charge in [0.1, 0.15) is 11.5 Å². The summed E-state index contributed by atoms with van der Waals surface area (Å²) in [5.74, 6) is 2.10. The lowest BCUT2D eigenvalue weighted by atomic mass is 10.2. The van der Waals surface area contributed by atoms with Crippen LogP contribution in [-0.4, -0.2) is 76.8 Å². The molecule has 3 rings (SSSR count). The highest BCUT2D eigenvalue weighted by atomic mass is 28.3. The second-order valence-corrected chi connectivity index (χ2v) is 15.7. The van der Waals surface area contributed by atoms with Crippen LogP contribution in [0.15, 0.2) is 34.7 Å². The molecule has 1 aromatic carbocycles. The molecule has 39 heavy (non-hydrogen) atoms. The number of hydrogen-bond acceptors (Lipinski definition) is 9. The number of nitrogens with zero attached hydrogens (tertiary/aromatic N) is 4. The maximum absolute atomic E-state index is 13.0. The molecule has 212 valence electrons. The van der Waals surface area contributed by atoms with Crippen LogP contribution in [0.5, 0.6) is 23.5 Å². The van der Waals surface area contributed by atoms with Crippen molar-refractivity contribution in [2.24, 2.45) is 0 Å². The van der Waals surface area contributed by atoms with Gasteiger partial charge in [0.25, 0.3) is 5.95 Å². The third kappa shape index (κ3) is 7.96. The number of carbonyl (C=O) groups is 1. The first-order valence-corrected chi connectivity index (χ1v) is 16.5. The lowest BCUT2D eigenvalue weighted by Crippen LogP contribution is -2.37. The van der Waals surface area contributed by atoms with E-state index in [1.165, 1.54) is 19.4 Å². The van der Waals surface area contributed by atoms with E-state index < -0.39 is 8.07 Å². The van der Waals surface area contributed by atoms with Crippen LogP contribution in [-0.2, 0) is 11.2 Å². The fourth-order valence-corrected chi connectivity index (χ4v) is 4.96. The quantitative estimate of drug-likeness (QED) is 0.309. The van der Waals surface area contributed by atoms with E-state index in [1.807, 2.05) is 32.8 Å². The number of aromatic nitrogens is 2. The van der Waals surface area contributed by atoms with E-state index in [-0.39, 0.29) is 29.8 Å². The Labute approximate surface area is 232 Å². The minimum absolute atomic E-state index is 0.0186. The van der Waals surface area contributed by atoms with Gasteiger partial charge in [-0.2, -0.15) is 9.97 Å². The van der Waals surface area contributed by atoms with E-state index in [2.05, 4.69) is 58.0 Å². The molecule has 0 saturated heterocycles. The van der Waals surface area contributed by atoms with Gasteiger partial charge in [-0.15, -0.1) is 0 Å². The summed E-state index contributed by atoms with van der Waals surface area (Å²) in [6.45, 7) is 13.2. The van der Waals surface area contributed by atoms with Gasteiger partial charge in [-0.1, -0.05) is 37.0 Å². The molecule has 10 nitrogen and oxygen atoms in total. The van der Waals surface area contributed by atoms with Crippen molar-refractivity contribution in [3.63, 3.8) is 0 Å². The van der Waals surface area contributed by atoms with Crippen molar-refractivity contribution >= 4 is 30.8 Å². The van der Waals surface area contributed by atoms with Gasteiger partial charge in [0.05, 0.1) is 28.7 Å². The second-order valence-electron chi connectivity index (χ2n) is 10.6. The zero-order valence-electron chi connectivity index (χ0n) is 24.5. The van der Waals surface area contributed by atoms with Crippen molar-refractivity contribution in [3.05, 3.63) is 41.7 Å². The average Bonchev–Trinajstić information content (AvgIpc) is 3.31. The molecule has 0 unspecified atom stereocenters. The number of hydrogen-bond donors (Lipinski definition) is 1. The topological polar surface area (TPSA) is 102 Å². The Balaban J connectivity index is 1.74. The maximum Gasteiger partial charge on any atom is 0.290 e. The number of rotatable bonds is 13. The van der Waals surface area contributed by atoms with Gasteiger partial charge in [0.15, 0.2) is 5.69 Å². The van der Waals surface area contributed by atoms with Crippen molar-refractivity contribution in [2.75, 3.05) is 58.2 Å². The molecule has 0 aliphatic carbocycles. The van der Waals surface area contributed by atoms with Crippen LogP contribution in [0.4, 0.5) is 11.6 Å². The number of nitrogens with one attached hydrogen (secondary N) is 1. The van der Waals surface area contributed by atoms with Crippen molar-refractivity contribution in [1.82, 2.24) is 14.9 Å². The molecule has 3 aromatic rings. The molecule has 0 aliphatic rings. The molecule has 11 heteroatoms. The summed E-state index contributed by atoms with van der Waals surface area (Å²) in [7, 11) is 5.51. The van der Waals surface area contributed by atoms with Gasteiger partial charge < -0.3 is 33.7 Å². The zero-order valence-corrected chi connectivity index (χ0v) is 25.5. The third-order valence-electron chi connectivity index (χ3n) is 6.20. The predicted molar refractivity (Wildman–Crippen MR) is 157 cm³/mol. The van der Waals surface area contributed by atoms with E-state index in [9.17, 15) is 4.79 Å². The second kappa shape index (κ2) is 13.0. The summed E-state index contributed by atoms with van der Waals surface area (Å²) in [5.41, 5.74) is 1.28. The Morgan fingerprint density at radius 1 is 1.03 bits per heavy atom. The lowest BCUT2D eigenvalue weighted by Gasteiger charge is -2.24. The standard InChI is InChI=1S/C28H41N5O5Si/c1-10-33(16-15-32(3)4)28-30-26(35-5)25(27(31-28)36-6)29-23(34)17-20-12-14-24(37-20)38-22-18-21(39(7,8)9)13-11-19(22)2/h11-14,18H,10,15-17H2,1-9H3,(H,29,34). The average molecular weight is 556 g/mol. The Kier molecular flexibility index (Phi) is 9.98. The first kappa shape index (κ1) is 30.0. The molecule has 0 aliphatic heterocycles. The molecule has 2 heterocycles. The summed E-state index contributed by atoms with van der Waals surface area (Å²) in [6, 6.07) is 9.75. The number of aryl methyl sites for hydroxylation is 1. The molecule has 1 amide bonds. The van der Waals surface area contributed by atoms with Crippen LogP contribution in [0, 0.1) is 6.92 Å².